The molecule has 0 aliphatic carbocycles. The van der Waals surface area contributed by atoms with E-state index in [0.29, 0.717) is 6.42 Å². The third-order valence-corrected chi connectivity index (χ3v) is 3.22. The Balaban J connectivity index is 1.82. The largest absolute Gasteiger partial charge is 0.416 e. The third kappa shape index (κ3) is 5.12. The molecule has 0 saturated carbocycles. The van der Waals surface area contributed by atoms with Crippen molar-refractivity contribution in [2.45, 2.75) is 12.6 Å². The van der Waals surface area contributed by atoms with E-state index in [1.54, 1.807) is 0 Å². The quantitative estimate of drug-likeness (QED) is 0.843. The summed E-state index contributed by atoms with van der Waals surface area (Å²) in [7, 11) is 0. The first kappa shape index (κ1) is 17.5. The number of benzene rings is 2. The molecule has 0 radical (unpaired) electrons. The fraction of sp³-hybridized carbons (Fsp3) is 0.176. The van der Waals surface area contributed by atoms with Gasteiger partial charge < -0.3 is 10.6 Å². The van der Waals surface area contributed by atoms with Gasteiger partial charge in [0.15, 0.2) is 0 Å². The van der Waals surface area contributed by atoms with Gasteiger partial charge in [0.1, 0.15) is 0 Å². The summed E-state index contributed by atoms with van der Waals surface area (Å²) in [6.07, 6.45) is -3.88. The van der Waals surface area contributed by atoms with Crippen molar-refractivity contribution in [2.24, 2.45) is 0 Å². The summed E-state index contributed by atoms with van der Waals surface area (Å²) in [5.74, 6) is -1.77. The molecule has 0 aliphatic heterocycles. The van der Waals surface area contributed by atoms with Gasteiger partial charge in [-0.15, -0.1) is 0 Å². The normalized spacial score (nSPS) is 11.0. The van der Waals surface area contributed by atoms with Gasteiger partial charge in [0.05, 0.1) is 5.56 Å². The minimum atomic E-state index is -4.45. The van der Waals surface area contributed by atoms with Crippen molar-refractivity contribution in [3.05, 3.63) is 65.7 Å². The zero-order valence-corrected chi connectivity index (χ0v) is 12.6. The summed E-state index contributed by atoms with van der Waals surface area (Å²) in [5, 5.41) is 4.71. The molecule has 126 valence electrons. The van der Waals surface area contributed by atoms with E-state index >= 15 is 0 Å². The fourth-order valence-electron chi connectivity index (χ4n) is 1.98. The molecule has 0 aromatic heterocycles. The van der Waals surface area contributed by atoms with Gasteiger partial charge in [-0.25, -0.2) is 0 Å². The first-order valence-electron chi connectivity index (χ1n) is 7.16. The third-order valence-electron chi connectivity index (χ3n) is 3.22. The Morgan fingerprint density at radius 1 is 0.875 bits per heavy atom. The van der Waals surface area contributed by atoms with Crippen LogP contribution in [0.1, 0.15) is 11.1 Å². The molecule has 2 aromatic rings. The molecule has 2 N–H and O–H groups in total. The smallest absolute Gasteiger partial charge is 0.347 e. The van der Waals surface area contributed by atoms with Crippen LogP contribution >= 0.6 is 0 Å². The zero-order chi connectivity index (χ0) is 17.6. The second-order valence-electron chi connectivity index (χ2n) is 5.02. The SMILES string of the molecule is O=C(NCCc1ccccc1)C(=O)Nc1ccc(C(F)(F)F)cc1. The summed E-state index contributed by atoms with van der Waals surface area (Å²) in [5.41, 5.74) is 0.306. The summed E-state index contributed by atoms with van der Waals surface area (Å²) in [4.78, 5) is 23.4. The molecule has 0 aliphatic rings. The van der Waals surface area contributed by atoms with Gasteiger partial charge in [-0.2, -0.15) is 13.2 Å². The molecule has 7 heteroatoms. The molecule has 4 nitrogen and oxygen atoms in total. The number of halogens is 3. The van der Waals surface area contributed by atoms with Crippen LogP contribution in [0.3, 0.4) is 0 Å². The van der Waals surface area contributed by atoms with Crippen molar-refractivity contribution in [2.75, 3.05) is 11.9 Å². The molecule has 2 rings (SSSR count). The fourth-order valence-corrected chi connectivity index (χ4v) is 1.98. The van der Waals surface area contributed by atoms with Crippen molar-refractivity contribution < 1.29 is 22.8 Å². The lowest BCUT2D eigenvalue weighted by Gasteiger charge is -2.09. The molecule has 0 unspecified atom stereocenters. The van der Waals surface area contributed by atoms with Crippen molar-refractivity contribution in [3.63, 3.8) is 0 Å². The molecule has 0 heterocycles. The number of anilines is 1. The van der Waals surface area contributed by atoms with Crippen LogP contribution in [-0.2, 0) is 22.2 Å². The molecule has 0 bridgehead atoms. The van der Waals surface area contributed by atoms with E-state index in [1.807, 2.05) is 30.3 Å². The lowest BCUT2D eigenvalue weighted by molar-refractivity contribution is -0.137. The van der Waals surface area contributed by atoms with Crippen LogP contribution in [0.15, 0.2) is 54.6 Å². The number of rotatable bonds is 4. The van der Waals surface area contributed by atoms with Crippen molar-refractivity contribution in [1.82, 2.24) is 5.32 Å². The lowest BCUT2D eigenvalue weighted by Crippen LogP contribution is -2.36. The highest BCUT2D eigenvalue weighted by Gasteiger charge is 2.30. The van der Waals surface area contributed by atoms with E-state index < -0.39 is 23.6 Å². The maximum atomic E-state index is 12.4. The van der Waals surface area contributed by atoms with Crippen molar-refractivity contribution in [1.29, 1.82) is 0 Å². The van der Waals surface area contributed by atoms with Crippen LogP contribution in [-0.4, -0.2) is 18.4 Å². The van der Waals surface area contributed by atoms with Gasteiger partial charge in [0, 0.05) is 12.2 Å². The standard InChI is InChI=1S/C17H15F3N2O2/c18-17(19,20)13-6-8-14(9-7-13)22-16(24)15(23)21-11-10-12-4-2-1-3-5-12/h1-9H,10-11H2,(H,21,23)(H,22,24). The van der Waals surface area contributed by atoms with Crippen LogP contribution in [0.4, 0.5) is 18.9 Å². The Labute approximate surface area is 136 Å². The lowest BCUT2D eigenvalue weighted by atomic mass is 10.1. The second-order valence-corrected chi connectivity index (χ2v) is 5.02. The van der Waals surface area contributed by atoms with Crippen molar-refractivity contribution >= 4 is 17.5 Å². The van der Waals surface area contributed by atoms with Crippen LogP contribution in [0, 0.1) is 0 Å². The molecule has 2 amide bonds. The monoisotopic (exact) mass is 336 g/mol. The molecule has 0 spiro atoms. The minimum absolute atomic E-state index is 0.117. The summed E-state index contributed by atoms with van der Waals surface area (Å²) >= 11 is 0. The Bertz CT molecular complexity index is 698. The van der Waals surface area contributed by atoms with E-state index in [1.165, 1.54) is 0 Å². The molecule has 24 heavy (non-hydrogen) atoms. The highest BCUT2D eigenvalue weighted by Crippen LogP contribution is 2.29. The van der Waals surface area contributed by atoms with E-state index in [9.17, 15) is 22.8 Å². The summed E-state index contributed by atoms with van der Waals surface area (Å²) in [6, 6.07) is 13.3. The first-order chi connectivity index (χ1) is 11.4. The Kier molecular flexibility index (Phi) is 5.57. The molecule has 0 saturated heterocycles. The maximum Gasteiger partial charge on any atom is 0.416 e. The van der Waals surface area contributed by atoms with Crippen LogP contribution in [0.25, 0.3) is 0 Å². The number of carbonyl (C=O) groups is 2. The first-order valence-corrected chi connectivity index (χ1v) is 7.16. The Morgan fingerprint density at radius 2 is 1.50 bits per heavy atom. The molecule has 2 aromatic carbocycles. The number of amides is 2. The van der Waals surface area contributed by atoms with Crippen molar-refractivity contribution in [3.8, 4) is 0 Å². The molecule has 0 atom stereocenters. The van der Waals surface area contributed by atoms with Gasteiger partial charge in [0.25, 0.3) is 0 Å². The van der Waals surface area contributed by atoms with Crippen LogP contribution < -0.4 is 10.6 Å². The minimum Gasteiger partial charge on any atom is -0.347 e. The highest BCUT2D eigenvalue weighted by atomic mass is 19.4. The highest BCUT2D eigenvalue weighted by molar-refractivity contribution is 6.39. The molecular weight excluding hydrogens is 321 g/mol. The number of carbonyl (C=O) groups excluding carboxylic acids is 2. The van der Waals surface area contributed by atoms with Gasteiger partial charge in [0.2, 0.25) is 0 Å². The van der Waals surface area contributed by atoms with E-state index in [-0.39, 0.29) is 12.2 Å². The van der Waals surface area contributed by atoms with E-state index in [0.717, 1.165) is 29.8 Å². The van der Waals surface area contributed by atoms with E-state index in [4.69, 9.17) is 0 Å². The zero-order valence-electron chi connectivity index (χ0n) is 12.6. The Morgan fingerprint density at radius 3 is 2.08 bits per heavy atom. The maximum absolute atomic E-state index is 12.4. The van der Waals surface area contributed by atoms with Gasteiger partial charge in [-0.1, -0.05) is 30.3 Å². The predicted octanol–water partition coefficient (Wildman–Crippen LogP) is 3.00. The van der Waals surface area contributed by atoms with E-state index in [2.05, 4.69) is 10.6 Å². The van der Waals surface area contributed by atoms with Crippen LogP contribution in [0.5, 0.6) is 0 Å². The summed E-state index contributed by atoms with van der Waals surface area (Å²) in [6.45, 7) is 0.281. The molecule has 0 fully saturated rings. The number of alkyl halides is 3. The average Bonchev–Trinajstić information content (AvgIpc) is 2.55. The van der Waals surface area contributed by atoms with Gasteiger partial charge >= 0.3 is 18.0 Å². The Hall–Kier alpha value is -2.83. The summed E-state index contributed by atoms with van der Waals surface area (Å²) < 4.78 is 37.3. The van der Waals surface area contributed by atoms with Crippen LogP contribution in [0.2, 0.25) is 0 Å². The topological polar surface area (TPSA) is 58.2 Å². The number of nitrogens with one attached hydrogen (secondary N) is 2. The average molecular weight is 336 g/mol. The van der Waals surface area contributed by atoms with Gasteiger partial charge in [-0.3, -0.25) is 9.59 Å². The molecular formula is C17H15F3N2O2. The number of hydrogen-bond acceptors (Lipinski definition) is 2. The van der Waals surface area contributed by atoms with Gasteiger partial charge in [-0.05, 0) is 36.2 Å². The second kappa shape index (κ2) is 7.63. The predicted molar refractivity (Wildman–Crippen MR) is 83.2 cm³/mol. The number of hydrogen-bond donors (Lipinski definition) is 2.